The van der Waals surface area contributed by atoms with Gasteiger partial charge in [-0.2, -0.15) is 0 Å². The van der Waals surface area contributed by atoms with Gasteiger partial charge in [-0.3, -0.25) is 9.59 Å². The van der Waals surface area contributed by atoms with Crippen LogP contribution in [0.15, 0.2) is 35.7 Å². The first kappa shape index (κ1) is 18.8. The lowest BCUT2D eigenvalue weighted by Crippen LogP contribution is -2.35. The molecule has 2 aromatic heterocycles. The van der Waals surface area contributed by atoms with E-state index in [0.29, 0.717) is 18.0 Å². The Bertz CT molecular complexity index is 998. The third kappa shape index (κ3) is 3.83. The van der Waals surface area contributed by atoms with Gasteiger partial charge in [0.25, 0.3) is 11.8 Å². The summed E-state index contributed by atoms with van der Waals surface area (Å²) < 4.78 is 3.92. The molecule has 6 nitrogen and oxygen atoms in total. The number of fused-ring (bicyclic) bond motifs is 1. The largest absolute Gasteiger partial charge is 0.333 e. The summed E-state index contributed by atoms with van der Waals surface area (Å²) in [6.07, 6.45) is 2.47. The molecule has 8 heteroatoms. The van der Waals surface area contributed by atoms with Gasteiger partial charge in [-0.05, 0) is 59.1 Å². The van der Waals surface area contributed by atoms with Gasteiger partial charge in [-0.15, -0.1) is 16.4 Å². The third-order valence-corrected chi connectivity index (χ3v) is 6.37. The van der Waals surface area contributed by atoms with Crippen LogP contribution in [0.5, 0.6) is 0 Å². The van der Waals surface area contributed by atoms with Gasteiger partial charge in [0.2, 0.25) is 0 Å². The number of nitrogens with zero attached hydrogens (tertiary/aromatic N) is 3. The minimum Gasteiger partial charge on any atom is -0.333 e. The standard InChI is InChI=1S/C20H20N4O2S2/c1-2-4-16-18(28-23-22-16)19(25)21-15-7-6-13-8-9-24(12-14(13)11-15)20(26)17-5-3-10-27-17/h3,5-7,10-11H,2,4,8-9,12H2,1H3,(H,21,25). The molecule has 0 bridgehead atoms. The van der Waals surface area contributed by atoms with Crippen molar-refractivity contribution in [2.75, 3.05) is 11.9 Å². The van der Waals surface area contributed by atoms with Crippen LogP contribution in [-0.4, -0.2) is 32.8 Å². The van der Waals surface area contributed by atoms with Gasteiger partial charge in [0.15, 0.2) is 0 Å². The summed E-state index contributed by atoms with van der Waals surface area (Å²) in [4.78, 5) is 28.5. The van der Waals surface area contributed by atoms with Gasteiger partial charge in [-0.25, -0.2) is 0 Å². The number of carbonyl (C=O) groups excluding carboxylic acids is 2. The normalized spacial score (nSPS) is 13.2. The molecule has 0 spiro atoms. The van der Waals surface area contributed by atoms with Crippen molar-refractivity contribution in [1.29, 1.82) is 0 Å². The molecule has 1 aromatic carbocycles. The first-order chi connectivity index (χ1) is 13.7. The van der Waals surface area contributed by atoms with Crippen molar-refractivity contribution >= 4 is 40.4 Å². The van der Waals surface area contributed by atoms with Gasteiger partial charge >= 0.3 is 0 Å². The second-order valence-electron chi connectivity index (χ2n) is 6.69. The van der Waals surface area contributed by atoms with Crippen LogP contribution in [0, 0.1) is 0 Å². The topological polar surface area (TPSA) is 75.2 Å². The number of hydrogen-bond donors (Lipinski definition) is 1. The Morgan fingerprint density at radius 1 is 1.25 bits per heavy atom. The Labute approximate surface area is 171 Å². The molecule has 3 aromatic rings. The fourth-order valence-electron chi connectivity index (χ4n) is 3.33. The molecule has 0 saturated carbocycles. The highest BCUT2D eigenvalue weighted by Gasteiger charge is 2.23. The maximum atomic E-state index is 12.6. The summed E-state index contributed by atoms with van der Waals surface area (Å²) in [5.74, 6) is -0.115. The van der Waals surface area contributed by atoms with Crippen molar-refractivity contribution < 1.29 is 9.59 Å². The number of rotatable bonds is 5. The number of benzene rings is 1. The zero-order valence-electron chi connectivity index (χ0n) is 15.5. The van der Waals surface area contributed by atoms with E-state index < -0.39 is 0 Å². The Kier molecular flexibility index (Phi) is 5.50. The molecular formula is C20H20N4O2S2. The Morgan fingerprint density at radius 2 is 2.14 bits per heavy atom. The molecule has 0 radical (unpaired) electrons. The lowest BCUT2D eigenvalue weighted by atomic mass is 9.99. The lowest BCUT2D eigenvalue weighted by Gasteiger charge is -2.29. The summed E-state index contributed by atoms with van der Waals surface area (Å²) in [5.41, 5.74) is 3.77. The van der Waals surface area contributed by atoms with E-state index in [0.717, 1.165) is 52.6 Å². The predicted molar refractivity (Wildman–Crippen MR) is 111 cm³/mol. The monoisotopic (exact) mass is 412 g/mol. The number of aryl methyl sites for hydroxylation is 1. The van der Waals surface area contributed by atoms with Crippen molar-refractivity contribution in [2.24, 2.45) is 0 Å². The van der Waals surface area contributed by atoms with E-state index in [4.69, 9.17) is 0 Å². The Balaban J connectivity index is 1.49. The van der Waals surface area contributed by atoms with Crippen LogP contribution < -0.4 is 5.32 Å². The van der Waals surface area contributed by atoms with Crippen molar-refractivity contribution in [1.82, 2.24) is 14.5 Å². The quantitative estimate of drug-likeness (QED) is 0.687. The Hall–Kier alpha value is -2.58. The molecule has 1 N–H and O–H groups in total. The molecule has 144 valence electrons. The maximum absolute atomic E-state index is 12.6. The van der Waals surface area contributed by atoms with Gasteiger partial charge in [0.1, 0.15) is 4.88 Å². The number of anilines is 1. The van der Waals surface area contributed by atoms with Crippen molar-refractivity contribution in [2.45, 2.75) is 32.7 Å². The summed E-state index contributed by atoms with van der Waals surface area (Å²) >= 11 is 2.59. The van der Waals surface area contributed by atoms with Crippen LogP contribution in [0.1, 0.15) is 49.5 Å². The Morgan fingerprint density at radius 3 is 2.93 bits per heavy atom. The molecule has 0 saturated heterocycles. The summed E-state index contributed by atoms with van der Waals surface area (Å²) in [6, 6.07) is 9.67. The SMILES string of the molecule is CCCc1nnsc1C(=O)Nc1ccc2c(c1)CN(C(=O)c1cccs1)CC2. The highest BCUT2D eigenvalue weighted by atomic mass is 32.1. The van der Waals surface area contributed by atoms with Crippen molar-refractivity contribution in [3.05, 3.63) is 62.3 Å². The zero-order valence-corrected chi connectivity index (χ0v) is 17.1. The zero-order chi connectivity index (χ0) is 19.5. The fourth-order valence-corrected chi connectivity index (χ4v) is 4.63. The smallest absolute Gasteiger partial charge is 0.269 e. The third-order valence-electron chi connectivity index (χ3n) is 4.74. The first-order valence-electron chi connectivity index (χ1n) is 9.23. The van der Waals surface area contributed by atoms with Crippen molar-refractivity contribution in [3.8, 4) is 0 Å². The van der Waals surface area contributed by atoms with Crippen LogP contribution in [0.2, 0.25) is 0 Å². The van der Waals surface area contributed by atoms with Crippen LogP contribution in [0.3, 0.4) is 0 Å². The molecular weight excluding hydrogens is 392 g/mol. The highest BCUT2D eigenvalue weighted by molar-refractivity contribution is 7.12. The van der Waals surface area contributed by atoms with E-state index >= 15 is 0 Å². The molecule has 1 aliphatic rings. The lowest BCUT2D eigenvalue weighted by molar-refractivity contribution is 0.0739. The molecule has 0 atom stereocenters. The molecule has 1 aliphatic heterocycles. The molecule has 3 heterocycles. The number of hydrogen-bond acceptors (Lipinski definition) is 6. The summed E-state index contributed by atoms with van der Waals surface area (Å²) in [7, 11) is 0. The molecule has 0 unspecified atom stereocenters. The van der Waals surface area contributed by atoms with Crippen LogP contribution in [-0.2, 0) is 19.4 Å². The molecule has 0 aliphatic carbocycles. The van der Waals surface area contributed by atoms with Gasteiger partial charge in [0, 0.05) is 18.8 Å². The van der Waals surface area contributed by atoms with E-state index in [1.54, 1.807) is 0 Å². The fraction of sp³-hybridized carbons (Fsp3) is 0.300. The number of amides is 2. The first-order valence-corrected chi connectivity index (χ1v) is 10.9. The minimum absolute atomic E-state index is 0.0648. The number of nitrogens with one attached hydrogen (secondary N) is 1. The number of aromatic nitrogens is 2. The second kappa shape index (κ2) is 8.20. The van der Waals surface area contributed by atoms with E-state index in [2.05, 4.69) is 14.9 Å². The van der Waals surface area contributed by atoms with E-state index in [1.807, 2.05) is 47.5 Å². The van der Waals surface area contributed by atoms with Gasteiger partial charge in [-0.1, -0.05) is 30.0 Å². The molecule has 2 amide bonds. The average molecular weight is 413 g/mol. The minimum atomic E-state index is -0.180. The number of carbonyl (C=O) groups is 2. The second-order valence-corrected chi connectivity index (χ2v) is 8.39. The van der Waals surface area contributed by atoms with Crippen LogP contribution >= 0.6 is 22.9 Å². The van der Waals surface area contributed by atoms with Crippen LogP contribution in [0.4, 0.5) is 5.69 Å². The van der Waals surface area contributed by atoms with E-state index in [9.17, 15) is 9.59 Å². The molecule has 0 fully saturated rings. The van der Waals surface area contributed by atoms with E-state index in [1.165, 1.54) is 16.9 Å². The van der Waals surface area contributed by atoms with E-state index in [-0.39, 0.29) is 11.8 Å². The highest BCUT2D eigenvalue weighted by Crippen LogP contribution is 2.25. The van der Waals surface area contributed by atoms with Crippen molar-refractivity contribution in [3.63, 3.8) is 0 Å². The number of thiophene rings is 1. The molecule has 28 heavy (non-hydrogen) atoms. The summed E-state index contributed by atoms with van der Waals surface area (Å²) in [6.45, 7) is 3.31. The van der Waals surface area contributed by atoms with Gasteiger partial charge in [0.05, 0.1) is 10.6 Å². The van der Waals surface area contributed by atoms with Gasteiger partial charge < -0.3 is 10.2 Å². The predicted octanol–water partition coefficient (Wildman–Crippen LogP) is 4.00. The maximum Gasteiger partial charge on any atom is 0.269 e. The van der Waals surface area contributed by atoms with Crippen LogP contribution in [0.25, 0.3) is 0 Å². The average Bonchev–Trinajstić information content (AvgIpc) is 3.39. The molecule has 4 rings (SSSR count). The summed E-state index contributed by atoms with van der Waals surface area (Å²) in [5, 5.41) is 8.93.